The Kier molecular flexibility index (Phi) is 7.26. The molecule has 5 nitrogen and oxygen atoms in total. The molecule has 0 atom stereocenters. The third-order valence-electron chi connectivity index (χ3n) is 10.8. The maximum absolute atomic E-state index is 13.4. The van der Waals surface area contributed by atoms with Crippen LogP contribution in [0.1, 0.15) is 60.0 Å². The van der Waals surface area contributed by atoms with Crippen molar-refractivity contribution < 1.29 is 9.90 Å². The minimum Gasteiger partial charge on any atom is -0.508 e. The van der Waals surface area contributed by atoms with Gasteiger partial charge in [0.25, 0.3) is 5.91 Å². The lowest BCUT2D eigenvalue weighted by atomic mass is 9.49. The van der Waals surface area contributed by atoms with Crippen molar-refractivity contribution in [2.75, 3.05) is 44.7 Å². The van der Waals surface area contributed by atoms with Gasteiger partial charge in [0, 0.05) is 57.6 Å². The minimum atomic E-state index is 0.174. The van der Waals surface area contributed by atoms with E-state index in [-0.39, 0.29) is 5.91 Å². The Morgan fingerprint density at radius 1 is 0.881 bits per heavy atom. The molecule has 1 amide bonds. The lowest BCUT2D eigenvalue weighted by Gasteiger charge is -2.57. The van der Waals surface area contributed by atoms with E-state index in [9.17, 15) is 9.90 Å². The van der Waals surface area contributed by atoms with Gasteiger partial charge >= 0.3 is 0 Å². The molecule has 220 valence electrons. The van der Waals surface area contributed by atoms with Gasteiger partial charge in [-0.05, 0) is 127 Å². The molecule has 1 heterocycles. The van der Waals surface area contributed by atoms with Crippen LogP contribution in [0.3, 0.4) is 0 Å². The molecule has 4 saturated carbocycles. The number of carbonyl (C=O) groups excluding carboxylic acids is 1. The first kappa shape index (κ1) is 27.5. The number of amides is 1. The molecule has 4 bridgehead atoms. The van der Waals surface area contributed by atoms with E-state index in [1.807, 2.05) is 42.3 Å². The fraction of sp³-hybridized carbons (Fsp3) is 0.486. The lowest BCUT2D eigenvalue weighted by molar-refractivity contribution is -0.0629. The summed E-state index contributed by atoms with van der Waals surface area (Å²) in [5.74, 6) is 3.22. The van der Waals surface area contributed by atoms with E-state index in [2.05, 4.69) is 47.1 Å². The van der Waals surface area contributed by atoms with E-state index >= 15 is 0 Å². The van der Waals surface area contributed by atoms with Gasteiger partial charge in [-0.15, -0.1) is 0 Å². The third-order valence-corrected chi connectivity index (χ3v) is 10.8. The summed E-state index contributed by atoms with van der Waals surface area (Å²) in [6.07, 6.45) is 8.35. The first-order valence-electron chi connectivity index (χ1n) is 16.0. The minimum absolute atomic E-state index is 0.174. The van der Waals surface area contributed by atoms with E-state index in [1.54, 1.807) is 6.07 Å². The molecule has 5 aliphatic rings. The summed E-state index contributed by atoms with van der Waals surface area (Å²) in [7, 11) is 2.02. The smallest absolute Gasteiger partial charge is 0.253 e. The Bertz CT molecular complexity index is 1400. The van der Waals surface area contributed by atoms with Crippen LogP contribution in [-0.4, -0.2) is 60.6 Å². The van der Waals surface area contributed by atoms with Gasteiger partial charge in [-0.2, -0.15) is 0 Å². The van der Waals surface area contributed by atoms with Crippen molar-refractivity contribution in [3.63, 3.8) is 0 Å². The number of nitrogens with zero attached hydrogens (tertiary/aromatic N) is 3. The number of hydrogen-bond acceptors (Lipinski definition) is 4. The zero-order valence-corrected chi connectivity index (χ0v) is 25.3. The zero-order valence-electron chi connectivity index (χ0n) is 25.3. The molecule has 0 unspecified atom stereocenters. The molecule has 42 heavy (non-hydrogen) atoms. The van der Waals surface area contributed by atoms with Crippen LogP contribution >= 0.6 is 0 Å². The van der Waals surface area contributed by atoms with Crippen molar-refractivity contribution in [2.24, 2.45) is 23.2 Å². The Morgan fingerprint density at radius 2 is 1.55 bits per heavy atom. The van der Waals surface area contributed by atoms with E-state index in [4.69, 9.17) is 0 Å². The summed E-state index contributed by atoms with van der Waals surface area (Å²) >= 11 is 0. The van der Waals surface area contributed by atoms with E-state index in [0.717, 1.165) is 68.1 Å². The highest BCUT2D eigenvalue weighted by Gasteiger charge is 2.51. The monoisotopic (exact) mass is 563 g/mol. The maximum atomic E-state index is 13.4. The molecule has 5 fully saturated rings. The van der Waals surface area contributed by atoms with Crippen molar-refractivity contribution in [3.8, 4) is 16.9 Å². The Balaban J connectivity index is 0.921. The highest BCUT2D eigenvalue weighted by molar-refractivity contribution is 5.94. The Hall–Kier alpha value is -3.31. The second kappa shape index (κ2) is 11.1. The van der Waals surface area contributed by atoms with Crippen LogP contribution in [0.25, 0.3) is 11.1 Å². The highest BCUT2D eigenvalue weighted by atomic mass is 16.3. The number of phenolic OH excluding ortho intramolecular Hbond substituents is 1. The van der Waals surface area contributed by atoms with Crippen LogP contribution in [0.5, 0.6) is 5.75 Å². The summed E-state index contributed by atoms with van der Waals surface area (Å²) in [6, 6.07) is 22.5. The molecule has 4 aliphatic carbocycles. The maximum Gasteiger partial charge on any atom is 0.253 e. The van der Waals surface area contributed by atoms with Gasteiger partial charge < -0.3 is 14.9 Å². The van der Waals surface area contributed by atoms with Gasteiger partial charge in [0.15, 0.2) is 0 Å². The van der Waals surface area contributed by atoms with Crippen LogP contribution in [0, 0.1) is 30.1 Å². The summed E-state index contributed by atoms with van der Waals surface area (Å²) in [6.45, 7) is 8.02. The van der Waals surface area contributed by atoms with E-state index < -0.39 is 0 Å². The van der Waals surface area contributed by atoms with Gasteiger partial charge in [-0.25, -0.2) is 0 Å². The van der Waals surface area contributed by atoms with Gasteiger partial charge in [-0.1, -0.05) is 30.3 Å². The van der Waals surface area contributed by atoms with Crippen LogP contribution in [-0.2, 0) is 6.54 Å². The third kappa shape index (κ3) is 5.56. The second-order valence-electron chi connectivity index (χ2n) is 14.1. The molecule has 1 N–H and O–H groups in total. The van der Waals surface area contributed by atoms with Crippen molar-refractivity contribution in [3.05, 3.63) is 83.4 Å². The predicted molar refractivity (Wildman–Crippen MR) is 170 cm³/mol. The number of carbonyl (C=O) groups is 1. The quantitative estimate of drug-likeness (QED) is 0.337. The molecule has 1 saturated heterocycles. The highest BCUT2D eigenvalue weighted by Crippen LogP contribution is 2.60. The van der Waals surface area contributed by atoms with Gasteiger partial charge in [0.05, 0.1) is 0 Å². The lowest BCUT2D eigenvalue weighted by Crippen LogP contribution is -2.51. The number of benzene rings is 3. The molecule has 5 heteroatoms. The van der Waals surface area contributed by atoms with E-state index in [1.165, 1.54) is 60.9 Å². The number of phenols is 1. The van der Waals surface area contributed by atoms with E-state index in [0.29, 0.717) is 11.2 Å². The van der Waals surface area contributed by atoms with Crippen LogP contribution in [0.15, 0.2) is 66.7 Å². The normalized spacial score (nSPS) is 26.9. The van der Waals surface area contributed by atoms with Crippen molar-refractivity contribution in [1.82, 2.24) is 9.80 Å². The number of piperazine rings is 1. The number of anilines is 1. The van der Waals surface area contributed by atoms with Crippen molar-refractivity contribution in [2.45, 2.75) is 52.0 Å². The predicted octanol–water partition coefficient (Wildman–Crippen LogP) is 6.98. The SMILES string of the molecule is Cc1cc(CN2CCN(c3ccc(C(=O)N(C)CC45CC6CC(CC(C6)C4)C5)cc3)CC2)ccc1-c1cccc(O)c1. The number of aryl methyl sites for hydroxylation is 1. The molecule has 0 spiro atoms. The van der Waals surface area contributed by atoms with Crippen LogP contribution < -0.4 is 4.90 Å². The molecular weight excluding hydrogens is 518 g/mol. The second-order valence-corrected chi connectivity index (χ2v) is 14.1. The average Bonchev–Trinajstić information content (AvgIpc) is 2.96. The molecular formula is C37H45N3O2. The first-order chi connectivity index (χ1) is 20.3. The van der Waals surface area contributed by atoms with Crippen molar-refractivity contribution >= 4 is 11.6 Å². The molecule has 1 aliphatic heterocycles. The van der Waals surface area contributed by atoms with Gasteiger partial charge in [-0.3, -0.25) is 9.69 Å². The molecule has 0 radical (unpaired) electrons. The van der Waals surface area contributed by atoms with Crippen molar-refractivity contribution in [1.29, 1.82) is 0 Å². The van der Waals surface area contributed by atoms with Gasteiger partial charge in [0.2, 0.25) is 0 Å². The summed E-state index contributed by atoms with van der Waals surface area (Å²) < 4.78 is 0. The number of rotatable bonds is 7. The fourth-order valence-electron chi connectivity index (χ4n) is 9.34. The Labute approximate surface area is 251 Å². The van der Waals surface area contributed by atoms with Gasteiger partial charge in [0.1, 0.15) is 5.75 Å². The standard InChI is InChI=1S/C37H45N3O2/c1-26-16-27(6-11-35(26)32-4-3-5-34(41)20-32)24-39-12-14-40(15-13-39)33-9-7-31(8-10-33)36(42)38(2)25-37-21-28-17-29(22-37)19-30(18-28)23-37/h3-11,16,20,28-30,41H,12-15,17-19,21-25H2,1-2H3. The molecule has 0 aromatic heterocycles. The average molecular weight is 564 g/mol. The number of aromatic hydroxyl groups is 1. The molecule has 3 aromatic rings. The fourth-order valence-corrected chi connectivity index (χ4v) is 9.34. The molecule has 8 rings (SSSR count). The first-order valence-corrected chi connectivity index (χ1v) is 16.0. The molecule has 3 aromatic carbocycles. The van der Waals surface area contributed by atoms with Crippen LogP contribution in [0.2, 0.25) is 0 Å². The zero-order chi connectivity index (χ0) is 28.8. The Morgan fingerprint density at radius 3 is 2.17 bits per heavy atom. The topological polar surface area (TPSA) is 47.0 Å². The summed E-state index contributed by atoms with van der Waals surface area (Å²) in [5, 5.41) is 9.86. The van der Waals surface area contributed by atoms with Crippen LogP contribution in [0.4, 0.5) is 5.69 Å². The summed E-state index contributed by atoms with van der Waals surface area (Å²) in [4.78, 5) is 20.4. The largest absolute Gasteiger partial charge is 0.508 e. The number of hydrogen-bond donors (Lipinski definition) is 1. The summed E-state index contributed by atoms with van der Waals surface area (Å²) in [5.41, 5.74) is 7.18.